The van der Waals surface area contributed by atoms with Crippen LogP contribution in [0, 0.1) is 11.7 Å². The van der Waals surface area contributed by atoms with E-state index in [-0.39, 0.29) is 30.4 Å². The van der Waals surface area contributed by atoms with Crippen LogP contribution < -0.4 is 4.74 Å². The molecule has 1 saturated heterocycles. The number of rotatable bonds is 9. The summed E-state index contributed by atoms with van der Waals surface area (Å²) in [5.41, 5.74) is 1.99. The number of piperidine rings is 1. The maximum atomic E-state index is 14.9. The molecule has 0 spiro atoms. The van der Waals surface area contributed by atoms with E-state index in [2.05, 4.69) is 15.3 Å². The number of ether oxygens (including phenoxy) is 1. The van der Waals surface area contributed by atoms with Crippen LogP contribution in [0.2, 0.25) is 0 Å². The second kappa shape index (κ2) is 10.6. The molecule has 0 N–H and O–H groups in total. The Bertz CT molecular complexity index is 1490. The normalized spacial score (nSPS) is 15.7. The molecule has 0 bridgehead atoms. The molecular weight excluding hydrogens is 505 g/mol. The van der Waals surface area contributed by atoms with Crippen LogP contribution in [0.25, 0.3) is 20.8 Å². The zero-order valence-corrected chi connectivity index (χ0v) is 21.8. The van der Waals surface area contributed by atoms with E-state index in [1.165, 1.54) is 23.8 Å². The number of aromatic nitrogens is 4. The van der Waals surface area contributed by atoms with Gasteiger partial charge in [-0.1, -0.05) is 11.3 Å². The van der Waals surface area contributed by atoms with Gasteiger partial charge in [0.05, 0.1) is 21.3 Å². The van der Waals surface area contributed by atoms with Crippen molar-refractivity contribution >= 4 is 33.2 Å². The number of hydrogen-bond donors (Lipinski definition) is 0. The Morgan fingerprint density at radius 2 is 1.92 bits per heavy atom. The minimum Gasteiger partial charge on any atom is -0.453 e. The molecule has 10 heteroatoms. The molecule has 1 aliphatic heterocycles. The molecule has 0 radical (unpaired) electrons. The summed E-state index contributed by atoms with van der Waals surface area (Å²) in [6, 6.07) is 8.27. The average molecular weight is 534 g/mol. The zero-order valence-electron chi connectivity index (χ0n) is 20.9. The van der Waals surface area contributed by atoms with Crippen LogP contribution >= 0.6 is 11.3 Å². The van der Waals surface area contributed by atoms with Crippen molar-refractivity contribution in [2.24, 2.45) is 5.92 Å². The van der Waals surface area contributed by atoms with E-state index in [0.717, 1.165) is 48.3 Å². The fourth-order valence-corrected chi connectivity index (χ4v) is 5.81. The second-order valence-electron chi connectivity index (χ2n) is 10.1. The smallest absolute Gasteiger partial charge is 0.244 e. The lowest BCUT2D eigenvalue weighted by atomic mass is 10.0. The molecule has 8 nitrogen and oxygen atoms in total. The van der Waals surface area contributed by atoms with E-state index in [9.17, 15) is 14.0 Å². The number of nitrogens with zero attached hydrogens (tertiary/aromatic N) is 5. The van der Waals surface area contributed by atoms with E-state index in [1.807, 2.05) is 11.0 Å². The van der Waals surface area contributed by atoms with Crippen LogP contribution in [-0.4, -0.2) is 49.7 Å². The Hall–Kier alpha value is -3.66. The first-order valence-corrected chi connectivity index (χ1v) is 13.9. The van der Waals surface area contributed by atoms with Crippen LogP contribution in [0.4, 0.5) is 4.39 Å². The number of carbonyl (C=O) groups excluding carboxylic acids is 2. The monoisotopic (exact) mass is 533 g/mol. The van der Waals surface area contributed by atoms with Gasteiger partial charge in [-0.05, 0) is 61.8 Å². The molecule has 1 aliphatic carbocycles. The summed E-state index contributed by atoms with van der Waals surface area (Å²) in [7, 11) is 0. The highest BCUT2D eigenvalue weighted by Crippen LogP contribution is 2.39. The van der Waals surface area contributed by atoms with Crippen LogP contribution in [0.3, 0.4) is 0 Å². The summed E-state index contributed by atoms with van der Waals surface area (Å²) in [5.74, 6) is 0.782. The number of Topliss-reactive ketones (excluding diaryl/α,β-unsaturated/α-hetero) is 1. The summed E-state index contributed by atoms with van der Waals surface area (Å²) < 4.78 is 23.1. The molecule has 0 atom stereocenters. The van der Waals surface area contributed by atoms with E-state index < -0.39 is 5.82 Å². The molecule has 2 aliphatic rings. The first-order valence-electron chi connectivity index (χ1n) is 13.1. The van der Waals surface area contributed by atoms with Gasteiger partial charge in [0.25, 0.3) is 0 Å². The van der Waals surface area contributed by atoms with Crippen LogP contribution in [-0.2, 0) is 22.6 Å². The lowest BCUT2D eigenvalue weighted by Crippen LogP contribution is -2.37. The molecule has 1 amide bonds. The topological polar surface area (TPSA) is 90.2 Å². The molecule has 38 heavy (non-hydrogen) atoms. The van der Waals surface area contributed by atoms with Crippen molar-refractivity contribution < 1.29 is 18.7 Å². The maximum absolute atomic E-state index is 14.9. The zero-order chi connectivity index (χ0) is 26.1. The summed E-state index contributed by atoms with van der Waals surface area (Å²) in [4.78, 5) is 31.9. The first-order chi connectivity index (χ1) is 18.5. The van der Waals surface area contributed by atoms with Crippen molar-refractivity contribution in [3.63, 3.8) is 0 Å². The van der Waals surface area contributed by atoms with Crippen LogP contribution in [0.1, 0.15) is 44.1 Å². The molecule has 196 valence electrons. The molecule has 6 rings (SSSR count). The number of halogens is 1. The van der Waals surface area contributed by atoms with Gasteiger partial charge in [-0.2, -0.15) is 0 Å². The minimum atomic E-state index is -0.509. The Balaban J connectivity index is 1.16. The number of carbonyl (C=O) groups is 2. The average Bonchev–Trinajstić information content (AvgIpc) is 3.41. The lowest BCUT2D eigenvalue weighted by molar-refractivity contribution is -0.133. The number of benzene rings is 1. The SMILES string of the molecule is O=C(Cc1ccc(Oc2ccnc3cc(-c4cn(CC(=O)N5CCCCC5)nn4)sc23)c(F)c1)CC1CC1. The molecule has 1 saturated carbocycles. The van der Waals surface area contributed by atoms with Crippen molar-refractivity contribution in [1.29, 1.82) is 0 Å². The number of amides is 1. The number of fused-ring (bicyclic) bond motifs is 1. The predicted molar refractivity (Wildman–Crippen MR) is 142 cm³/mol. The van der Waals surface area contributed by atoms with Gasteiger partial charge in [-0.15, -0.1) is 16.4 Å². The van der Waals surface area contributed by atoms with Gasteiger partial charge in [-0.3, -0.25) is 14.6 Å². The summed E-state index contributed by atoms with van der Waals surface area (Å²) in [5, 5.41) is 8.41. The number of hydrogen-bond acceptors (Lipinski definition) is 7. The van der Waals surface area contributed by atoms with Crippen LogP contribution in [0.5, 0.6) is 11.5 Å². The third-order valence-corrected chi connectivity index (χ3v) is 8.17. The maximum Gasteiger partial charge on any atom is 0.244 e. The van der Waals surface area contributed by atoms with Crippen molar-refractivity contribution in [3.05, 3.63) is 54.1 Å². The highest BCUT2D eigenvalue weighted by atomic mass is 32.1. The molecular formula is C28H28FN5O3S. The Kier molecular flexibility index (Phi) is 6.88. The van der Waals surface area contributed by atoms with E-state index in [0.29, 0.717) is 34.9 Å². The highest BCUT2D eigenvalue weighted by molar-refractivity contribution is 7.22. The Morgan fingerprint density at radius 3 is 2.71 bits per heavy atom. The van der Waals surface area contributed by atoms with E-state index in [1.54, 1.807) is 35.3 Å². The third-order valence-electron chi connectivity index (χ3n) is 7.00. The molecule has 4 heterocycles. The Morgan fingerprint density at radius 1 is 1.08 bits per heavy atom. The fourth-order valence-electron chi connectivity index (χ4n) is 4.79. The van der Waals surface area contributed by atoms with E-state index >= 15 is 0 Å². The van der Waals surface area contributed by atoms with Crippen molar-refractivity contribution in [1.82, 2.24) is 24.9 Å². The molecule has 4 aromatic rings. The fraction of sp³-hybridized carbons (Fsp3) is 0.393. The Labute approximate surface area is 223 Å². The van der Waals surface area contributed by atoms with Gasteiger partial charge >= 0.3 is 0 Å². The highest BCUT2D eigenvalue weighted by Gasteiger charge is 2.24. The van der Waals surface area contributed by atoms with Crippen molar-refractivity contribution in [2.45, 2.75) is 51.5 Å². The van der Waals surface area contributed by atoms with Crippen molar-refractivity contribution in [2.75, 3.05) is 13.1 Å². The predicted octanol–water partition coefficient (Wildman–Crippen LogP) is 5.41. The van der Waals surface area contributed by atoms with Gasteiger partial charge in [0, 0.05) is 38.2 Å². The van der Waals surface area contributed by atoms with E-state index in [4.69, 9.17) is 4.74 Å². The third kappa shape index (κ3) is 5.60. The number of likely N-dealkylation sites (tertiary alicyclic amines) is 1. The summed E-state index contributed by atoms with van der Waals surface area (Å²) in [6.07, 6.45) is 9.69. The van der Waals surface area contributed by atoms with Gasteiger partial charge in [-0.25, -0.2) is 9.07 Å². The molecule has 1 aromatic carbocycles. The summed E-state index contributed by atoms with van der Waals surface area (Å²) in [6.45, 7) is 1.76. The van der Waals surface area contributed by atoms with Crippen molar-refractivity contribution in [3.8, 4) is 22.1 Å². The van der Waals surface area contributed by atoms with Crippen LogP contribution in [0.15, 0.2) is 42.7 Å². The number of pyridine rings is 1. The van der Waals surface area contributed by atoms with Gasteiger partial charge in [0.1, 0.15) is 23.8 Å². The summed E-state index contributed by atoms with van der Waals surface area (Å²) >= 11 is 1.42. The molecule has 2 fully saturated rings. The lowest BCUT2D eigenvalue weighted by Gasteiger charge is -2.26. The first kappa shape index (κ1) is 24.7. The largest absolute Gasteiger partial charge is 0.453 e. The number of ketones is 1. The van der Waals surface area contributed by atoms with Gasteiger partial charge in [0.15, 0.2) is 11.6 Å². The molecule has 3 aromatic heterocycles. The molecule has 0 unspecified atom stereocenters. The van der Waals surface area contributed by atoms with Gasteiger partial charge in [0.2, 0.25) is 5.91 Å². The standard InChI is InChI=1S/C28H28FN5O3S/c29-21-14-19(13-20(35)12-18-4-5-18)6-7-24(21)37-25-8-9-30-22-15-26(38-28(22)25)23-16-34(32-31-23)17-27(36)33-10-2-1-3-11-33/h6-9,14-16,18H,1-5,10-13,17H2. The van der Waals surface area contributed by atoms with Gasteiger partial charge < -0.3 is 9.64 Å². The number of thiophene rings is 1. The minimum absolute atomic E-state index is 0.0511. The second-order valence-corrected chi connectivity index (χ2v) is 11.2. The quantitative estimate of drug-likeness (QED) is 0.286.